The topological polar surface area (TPSA) is 87.0 Å². The molecule has 0 bridgehead atoms. The van der Waals surface area contributed by atoms with Crippen LogP contribution in [0.2, 0.25) is 0 Å². The number of anilines is 1. The van der Waals surface area contributed by atoms with Crippen molar-refractivity contribution in [3.05, 3.63) is 134 Å². The molecule has 0 amide bonds. The first-order chi connectivity index (χ1) is 15.7. The summed E-state index contributed by atoms with van der Waals surface area (Å²) in [7, 11) is 0. The number of nitrogens with one attached hydrogen (secondary N) is 3. The summed E-state index contributed by atoms with van der Waals surface area (Å²) in [6.07, 6.45) is 2.00. The molecule has 0 spiro atoms. The predicted octanol–water partition coefficient (Wildman–Crippen LogP) is 4.24. The van der Waals surface area contributed by atoms with E-state index in [1.807, 2.05) is 91.0 Å². The van der Waals surface area contributed by atoms with Gasteiger partial charge in [-0.25, -0.2) is 4.79 Å². The molecule has 0 radical (unpaired) electrons. The predicted molar refractivity (Wildman–Crippen MR) is 125 cm³/mol. The fourth-order valence-electron chi connectivity index (χ4n) is 3.95. The molecular formula is C26H21N3O3. The average Bonchev–Trinajstić information content (AvgIpc) is 2.83. The van der Waals surface area contributed by atoms with Gasteiger partial charge in [0.05, 0.1) is 5.56 Å². The van der Waals surface area contributed by atoms with Crippen molar-refractivity contribution in [3.8, 4) is 5.75 Å². The number of fused-ring (bicyclic) bond motifs is 1. The zero-order valence-electron chi connectivity index (χ0n) is 17.2. The molecule has 4 aromatic rings. The third kappa shape index (κ3) is 3.86. The van der Waals surface area contributed by atoms with Gasteiger partial charge in [-0.2, -0.15) is 0 Å². The van der Waals surface area contributed by atoms with Gasteiger partial charge in [0.25, 0.3) is 5.56 Å². The molecule has 5 rings (SSSR count). The monoisotopic (exact) mass is 423 g/mol. The van der Waals surface area contributed by atoms with Gasteiger partial charge in [0, 0.05) is 17.2 Å². The number of benzene rings is 3. The van der Waals surface area contributed by atoms with E-state index >= 15 is 0 Å². The molecule has 1 unspecified atom stereocenters. The summed E-state index contributed by atoms with van der Waals surface area (Å²) in [5, 5.41) is 3.22. The van der Waals surface area contributed by atoms with Crippen LogP contribution in [0.3, 0.4) is 0 Å². The van der Waals surface area contributed by atoms with E-state index in [9.17, 15) is 9.59 Å². The fraction of sp³-hybridized carbons (Fsp3) is 0.0769. The number of allylic oxidation sites excluding steroid dienone is 1. The lowest BCUT2D eigenvalue weighted by Gasteiger charge is -2.26. The normalized spacial score (nSPS) is 14.8. The molecule has 0 fully saturated rings. The zero-order valence-corrected chi connectivity index (χ0v) is 17.2. The number of hydrogen-bond donors (Lipinski definition) is 3. The molecule has 3 aromatic carbocycles. The van der Waals surface area contributed by atoms with E-state index in [0.717, 1.165) is 22.4 Å². The van der Waals surface area contributed by atoms with Crippen LogP contribution in [0.15, 0.2) is 101 Å². The molecule has 6 heteroatoms. The Balaban J connectivity index is 1.61. The second kappa shape index (κ2) is 8.43. The third-order valence-corrected chi connectivity index (χ3v) is 5.46. The molecule has 0 saturated heterocycles. The number of para-hydroxylation sites is 1. The Bertz CT molecular complexity index is 1390. The van der Waals surface area contributed by atoms with E-state index in [-0.39, 0.29) is 0 Å². The summed E-state index contributed by atoms with van der Waals surface area (Å²) in [5.74, 6) is 0.667. The van der Waals surface area contributed by atoms with Crippen molar-refractivity contribution < 1.29 is 4.74 Å². The second-order valence-corrected chi connectivity index (χ2v) is 7.56. The largest absolute Gasteiger partial charge is 0.489 e. The first-order valence-electron chi connectivity index (χ1n) is 10.4. The van der Waals surface area contributed by atoms with E-state index in [2.05, 4.69) is 15.3 Å². The number of H-pyrrole nitrogens is 2. The van der Waals surface area contributed by atoms with Crippen molar-refractivity contribution in [2.75, 3.05) is 5.32 Å². The number of hydrogen-bond acceptors (Lipinski definition) is 4. The maximum Gasteiger partial charge on any atom is 0.327 e. The van der Waals surface area contributed by atoms with Crippen LogP contribution in [0, 0.1) is 0 Å². The minimum atomic E-state index is -0.553. The van der Waals surface area contributed by atoms with Gasteiger partial charge >= 0.3 is 5.69 Å². The van der Waals surface area contributed by atoms with Gasteiger partial charge in [-0.15, -0.1) is 0 Å². The summed E-state index contributed by atoms with van der Waals surface area (Å²) in [4.78, 5) is 29.9. The van der Waals surface area contributed by atoms with Gasteiger partial charge in [-0.1, -0.05) is 78.9 Å². The van der Waals surface area contributed by atoms with Crippen LogP contribution in [-0.2, 0) is 6.61 Å². The second-order valence-electron chi connectivity index (χ2n) is 7.56. The molecule has 0 aliphatic carbocycles. The molecule has 1 atom stereocenters. The summed E-state index contributed by atoms with van der Waals surface area (Å²) in [6, 6.07) is 27.4. The van der Waals surface area contributed by atoms with Crippen LogP contribution in [0.4, 0.5) is 5.82 Å². The Morgan fingerprint density at radius 3 is 2.25 bits per heavy atom. The van der Waals surface area contributed by atoms with Gasteiger partial charge in [0.1, 0.15) is 18.2 Å². The number of ether oxygens (including phenoxy) is 1. The van der Waals surface area contributed by atoms with Crippen molar-refractivity contribution >= 4 is 11.5 Å². The average molecular weight is 423 g/mol. The fourth-order valence-corrected chi connectivity index (χ4v) is 3.95. The van der Waals surface area contributed by atoms with Gasteiger partial charge in [-0.3, -0.25) is 14.8 Å². The number of rotatable bonds is 5. The highest BCUT2D eigenvalue weighted by Crippen LogP contribution is 2.39. The van der Waals surface area contributed by atoms with Crippen molar-refractivity contribution in [1.82, 2.24) is 9.97 Å². The Hall–Kier alpha value is -4.32. The minimum absolute atomic E-state index is 0.392. The molecule has 3 N–H and O–H groups in total. The summed E-state index contributed by atoms with van der Waals surface area (Å²) in [6.45, 7) is 0.410. The smallest absolute Gasteiger partial charge is 0.327 e. The SMILES string of the molecule is O=c1[nH]c2c(c(=O)[nH]1)C(c1ccccc1OCc1ccccc1)C=C(c1ccccc1)N2. The lowest BCUT2D eigenvalue weighted by molar-refractivity contribution is 0.302. The van der Waals surface area contributed by atoms with Crippen molar-refractivity contribution in [3.63, 3.8) is 0 Å². The van der Waals surface area contributed by atoms with Gasteiger partial charge < -0.3 is 10.1 Å². The van der Waals surface area contributed by atoms with E-state index < -0.39 is 17.2 Å². The van der Waals surface area contributed by atoms with E-state index in [1.54, 1.807) is 0 Å². The maximum absolute atomic E-state index is 12.8. The van der Waals surface area contributed by atoms with Gasteiger partial charge in [0.15, 0.2) is 0 Å². The minimum Gasteiger partial charge on any atom is -0.489 e. The summed E-state index contributed by atoms with van der Waals surface area (Å²) < 4.78 is 6.16. The van der Waals surface area contributed by atoms with Crippen LogP contribution < -0.4 is 21.3 Å². The Morgan fingerprint density at radius 1 is 0.781 bits per heavy atom. The molecule has 1 aliphatic rings. The molecular weight excluding hydrogens is 402 g/mol. The first-order valence-corrected chi connectivity index (χ1v) is 10.4. The molecule has 1 aliphatic heterocycles. The van der Waals surface area contributed by atoms with Crippen LogP contribution >= 0.6 is 0 Å². The Kier molecular flexibility index (Phi) is 5.17. The van der Waals surface area contributed by atoms with Crippen molar-refractivity contribution in [2.24, 2.45) is 0 Å². The Morgan fingerprint density at radius 2 is 1.47 bits per heavy atom. The number of aromatic nitrogens is 2. The molecule has 2 heterocycles. The quantitative estimate of drug-likeness (QED) is 0.448. The van der Waals surface area contributed by atoms with Gasteiger partial charge in [-0.05, 0) is 23.3 Å². The highest BCUT2D eigenvalue weighted by Gasteiger charge is 2.28. The maximum atomic E-state index is 12.8. The number of aromatic amines is 2. The van der Waals surface area contributed by atoms with Gasteiger partial charge in [0.2, 0.25) is 0 Å². The third-order valence-electron chi connectivity index (χ3n) is 5.46. The summed E-state index contributed by atoms with van der Waals surface area (Å²) >= 11 is 0. The summed E-state index contributed by atoms with van der Waals surface area (Å²) in [5.41, 5.74) is 3.12. The van der Waals surface area contributed by atoms with Crippen LogP contribution in [0.1, 0.15) is 28.2 Å². The Labute approximate surface area is 184 Å². The van der Waals surface area contributed by atoms with Crippen LogP contribution in [-0.4, -0.2) is 9.97 Å². The van der Waals surface area contributed by atoms with Crippen LogP contribution in [0.5, 0.6) is 5.75 Å². The standard InChI is InChI=1S/C26H21N3O3/c30-25-23-20(19-13-7-8-14-22(19)32-16-17-9-3-1-4-10-17)15-21(18-11-5-2-6-12-18)27-24(23)28-26(31)29-25/h1-15,20H,16H2,(H3,27,28,29,30,31). The van der Waals surface area contributed by atoms with Crippen LogP contribution in [0.25, 0.3) is 5.70 Å². The molecule has 1 aromatic heterocycles. The van der Waals surface area contributed by atoms with Crippen molar-refractivity contribution in [2.45, 2.75) is 12.5 Å². The van der Waals surface area contributed by atoms with E-state index in [1.165, 1.54) is 0 Å². The van der Waals surface area contributed by atoms with E-state index in [4.69, 9.17) is 4.74 Å². The molecule has 0 saturated carbocycles. The molecule has 158 valence electrons. The van der Waals surface area contributed by atoms with E-state index in [0.29, 0.717) is 23.7 Å². The highest BCUT2D eigenvalue weighted by atomic mass is 16.5. The zero-order chi connectivity index (χ0) is 21.9. The molecule has 6 nitrogen and oxygen atoms in total. The lowest BCUT2D eigenvalue weighted by atomic mass is 9.87. The molecule has 32 heavy (non-hydrogen) atoms. The highest BCUT2D eigenvalue weighted by molar-refractivity contribution is 5.81. The van der Waals surface area contributed by atoms with Crippen molar-refractivity contribution in [1.29, 1.82) is 0 Å². The lowest BCUT2D eigenvalue weighted by Crippen LogP contribution is -2.31. The first kappa shape index (κ1) is 19.6.